The highest BCUT2D eigenvalue weighted by Gasteiger charge is 2.57. The van der Waals surface area contributed by atoms with Crippen molar-refractivity contribution in [2.24, 2.45) is 5.41 Å². The highest BCUT2D eigenvalue weighted by molar-refractivity contribution is 5.88. The summed E-state index contributed by atoms with van der Waals surface area (Å²) in [5.74, 6) is -2.60. The van der Waals surface area contributed by atoms with Gasteiger partial charge in [0, 0.05) is 61.6 Å². The number of aliphatic hydroxyl groups is 1. The van der Waals surface area contributed by atoms with Crippen molar-refractivity contribution < 1.29 is 48.1 Å². The summed E-state index contributed by atoms with van der Waals surface area (Å²) < 4.78 is 18.9. The second kappa shape index (κ2) is 13.8. The van der Waals surface area contributed by atoms with E-state index in [2.05, 4.69) is 5.32 Å². The number of carboxylic acids is 1. The van der Waals surface area contributed by atoms with E-state index in [1.807, 2.05) is 0 Å². The molecule has 0 saturated carbocycles. The van der Waals surface area contributed by atoms with Crippen molar-refractivity contribution in [2.75, 3.05) is 26.2 Å². The van der Waals surface area contributed by atoms with Crippen LogP contribution in [0.5, 0.6) is 0 Å². The van der Waals surface area contributed by atoms with Gasteiger partial charge in [0.1, 0.15) is 18.8 Å². The molecule has 11 heteroatoms. The van der Waals surface area contributed by atoms with Gasteiger partial charge < -0.3 is 34.2 Å². The van der Waals surface area contributed by atoms with Crippen molar-refractivity contribution in [3.63, 3.8) is 0 Å². The van der Waals surface area contributed by atoms with Gasteiger partial charge in [-0.2, -0.15) is 0 Å². The SMILES string of the molecule is CC(C)(COC(=O)OC(C(=O)OC1CC2CCC(C1)[N+]21CCCC1)(c1ccccc1)c1ccccc1)[C@H](O)C(=O)NCCC(=O)O. The highest BCUT2D eigenvalue weighted by Crippen LogP contribution is 2.47. The first-order valence-corrected chi connectivity index (χ1v) is 16.2. The van der Waals surface area contributed by atoms with Crippen molar-refractivity contribution >= 4 is 24.0 Å². The molecule has 1 spiro atoms. The van der Waals surface area contributed by atoms with Gasteiger partial charge in [-0.25, -0.2) is 9.59 Å². The number of nitrogens with one attached hydrogen (secondary N) is 1. The lowest BCUT2D eigenvalue weighted by Gasteiger charge is -2.47. The number of ether oxygens (including phenoxy) is 3. The Balaban J connectivity index is 1.36. The second-order valence-corrected chi connectivity index (χ2v) is 13.5. The number of carboxylic acid groups (broad SMARTS) is 1. The number of esters is 1. The summed E-state index contributed by atoms with van der Waals surface area (Å²) >= 11 is 0. The fourth-order valence-corrected chi connectivity index (χ4v) is 7.67. The van der Waals surface area contributed by atoms with Crippen molar-refractivity contribution in [1.82, 2.24) is 5.32 Å². The van der Waals surface area contributed by atoms with Crippen LogP contribution in [0.3, 0.4) is 0 Å². The van der Waals surface area contributed by atoms with Crippen LogP contribution in [-0.2, 0) is 34.2 Å². The lowest BCUT2D eigenvalue weighted by molar-refractivity contribution is -0.956. The number of aliphatic carboxylic acids is 1. The Hall–Kier alpha value is -3.96. The van der Waals surface area contributed by atoms with Crippen molar-refractivity contribution in [2.45, 2.75) is 88.7 Å². The van der Waals surface area contributed by atoms with E-state index in [4.69, 9.17) is 19.3 Å². The molecule has 248 valence electrons. The molecule has 1 amide bonds. The molecular formula is C35H45N2O9+. The molecule has 46 heavy (non-hydrogen) atoms. The van der Waals surface area contributed by atoms with Gasteiger partial charge in [-0.1, -0.05) is 74.5 Å². The standard InChI is InChI=1S/C35H44N2O9/c1-34(2,30(40)31(41)36-18-17-29(38)39)23-44-33(43)46-35(24-11-5-3-6-12-24,25-13-7-4-8-14-25)32(42)45-28-21-26-15-16-27(22-28)37(26)19-9-10-20-37/h3-8,11-14,26-28,30,40H,9-10,15-23H2,1-2H3,(H-,36,38,39,41)/p+1/t26?,27?,28?,30-/m1/s1. The third-order valence-corrected chi connectivity index (χ3v) is 10.1. The summed E-state index contributed by atoms with van der Waals surface area (Å²) in [4.78, 5) is 51.1. The Labute approximate surface area is 269 Å². The van der Waals surface area contributed by atoms with Crippen LogP contribution in [0.25, 0.3) is 0 Å². The van der Waals surface area contributed by atoms with Gasteiger partial charge in [-0.05, 0) is 0 Å². The van der Waals surface area contributed by atoms with Crippen LogP contribution in [0, 0.1) is 5.41 Å². The number of hydrogen-bond acceptors (Lipinski definition) is 8. The highest BCUT2D eigenvalue weighted by atomic mass is 16.7. The molecule has 0 aromatic heterocycles. The molecule has 3 heterocycles. The minimum Gasteiger partial charge on any atom is -0.481 e. The van der Waals surface area contributed by atoms with Crippen LogP contribution in [-0.4, -0.2) is 89.2 Å². The largest absolute Gasteiger partial charge is 0.510 e. The summed E-state index contributed by atoms with van der Waals surface area (Å²) in [6.07, 6.45) is 2.86. The van der Waals surface area contributed by atoms with Crippen LogP contribution < -0.4 is 5.32 Å². The van der Waals surface area contributed by atoms with Crippen LogP contribution in [0.1, 0.15) is 69.9 Å². The third-order valence-electron chi connectivity index (χ3n) is 10.1. The summed E-state index contributed by atoms with van der Waals surface area (Å²) in [5.41, 5.74) is -2.47. The quantitative estimate of drug-likeness (QED) is 0.233. The number of hydrogen-bond donors (Lipinski definition) is 3. The summed E-state index contributed by atoms with van der Waals surface area (Å²) in [5, 5.41) is 21.8. The fourth-order valence-electron chi connectivity index (χ4n) is 7.67. The van der Waals surface area contributed by atoms with Crippen LogP contribution in [0.4, 0.5) is 4.79 Å². The van der Waals surface area contributed by atoms with Gasteiger partial charge in [-0.3, -0.25) is 9.59 Å². The Kier molecular flexibility index (Phi) is 10.0. The van der Waals surface area contributed by atoms with Crippen molar-refractivity contribution in [3.05, 3.63) is 71.8 Å². The number of benzene rings is 2. The van der Waals surface area contributed by atoms with E-state index >= 15 is 0 Å². The lowest BCUT2D eigenvalue weighted by Crippen LogP contribution is -2.60. The summed E-state index contributed by atoms with van der Waals surface area (Å²) in [6, 6.07) is 18.3. The Bertz CT molecular complexity index is 1340. The Morgan fingerprint density at radius 1 is 0.913 bits per heavy atom. The molecule has 5 rings (SSSR count). The monoisotopic (exact) mass is 637 g/mol. The summed E-state index contributed by atoms with van der Waals surface area (Å²) in [7, 11) is 0. The van der Waals surface area contributed by atoms with E-state index in [-0.39, 0.29) is 19.1 Å². The average Bonchev–Trinajstić information content (AvgIpc) is 3.59. The lowest BCUT2D eigenvalue weighted by atomic mass is 9.85. The number of piperidine rings is 1. The zero-order valence-corrected chi connectivity index (χ0v) is 26.6. The van der Waals surface area contributed by atoms with Crippen LogP contribution in [0.2, 0.25) is 0 Å². The van der Waals surface area contributed by atoms with Gasteiger partial charge in [-0.15, -0.1) is 0 Å². The molecule has 2 aromatic carbocycles. The number of carbonyl (C=O) groups is 4. The zero-order valence-electron chi connectivity index (χ0n) is 26.6. The van der Waals surface area contributed by atoms with Gasteiger partial charge in [0.05, 0.1) is 31.6 Å². The maximum atomic E-state index is 14.5. The van der Waals surface area contributed by atoms with Gasteiger partial charge >= 0.3 is 18.1 Å². The second-order valence-electron chi connectivity index (χ2n) is 13.5. The molecule has 2 aromatic rings. The smallest absolute Gasteiger partial charge is 0.481 e. The molecule has 3 aliphatic heterocycles. The topological polar surface area (TPSA) is 148 Å². The molecule has 2 bridgehead atoms. The van der Waals surface area contributed by atoms with E-state index in [1.54, 1.807) is 60.7 Å². The molecule has 3 saturated heterocycles. The van der Waals surface area contributed by atoms with E-state index in [0.29, 0.717) is 23.2 Å². The molecule has 3 aliphatic rings. The molecule has 3 atom stereocenters. The van der Waals surface area contributed by atoms with Crippen LogP contribution in [0.15, 0.2) is 60.7 Å². The minimum absolute atomic E-state index is 0.161. The number of rotatable bonds is 12. The number of nitrogens with zero attached hydrogens (tertiary/aromatic N) is 1. The zero-order chi connectivity index (χ0) is 33.0. The van der Waals surface area contributed by atoms with E-state index in [9.17, 15) is 24.3 Å². The predicted molar refractivity (Wildman–Crippen MR) is 166 cm³/mol. The van der Waals surface area contributed by atoms with Crippen molar-refractivity contribution in [1.29, 1.82) is 0 Å². The maximum absolute atomic E-state index is 14.5. The predicted octanol–water partition coefficient (Wildman–Crippen LogP) is 3.91. The fraction of sp³-hybridized carbons (Fsp3) is 0.543. The van der Waals surface area contributed by atoms with Gasteiger partial charge in [0.15, 0.2) is 0 Å². The first-order valence-electron chi connectivity index (χ1n) is 16.2. The first kappa shape index (κ1) is 33.4. The number of quaternary nitrogens is 1. The van der Waals surface area contributed by atoms with E-state index in [1.165, 1.54) is 39.8 Å². The first-order chi connectivity index (χ1) is 22.0. The average molecular weight is 638 g/mol. The molecule has 2 unspecified atom stereocenters. The molecule has 0 aliphatic carbocycles. The van der Waals surface area contributed by atoms with Crippen LogP contribution >= 0.6 is 0 Å². The van der Waals surface area contributed by atoms with Crippen molar-refractivity contribution in [3.8, 4) is 0 Å². The Morgan fingerprint density at radius 3 is 1.98 bits per heavy atom. The number of aliphatic hydroxyl groups excluding tert-OH is 1. The van der Waals surface area contributed by atoms with E-state index in [0.717, 1.165) is 30.2 Å². The molecule has 11 nitrogen and oxygen atoms in total. The normalized spacial score (nSPS) is 22.5. The molecule has 0 radical (unpaired) electrons. The van der Waals surface area contributed by atoms with Gasteiger partial charge in [0.2, 0.25) is 5.91 Å². The van der Waals surface area contributed by atoms with Gasteiger partial charge in [0.25, 0.3) is 5.60 Å². The minimum atomic E-state index is -1.98. The number of carbonyl (C=O) groups excluding carboxylic acids is 3. The third kappa shape index (κ3) is 6.76. The molecule has 3 N–H and O–H groups in total. The molecule has 3 fully saturated rings. The van der Waals surface area contributed by atoms with E-state index < -0.39 is 47.7 Å². The number of amides is 1. The maximum Gasteiger partial charge on any atom is 0.510 e. The molecular weight excluding hydrogens is 592 g/mol. The summed E-state index contributed by atoms with van der Waals surface area (Å²) in [6.45, 7) is 4.83. The Morgan fingerprint density at radius 2 is 1.46 bits per heavy atom.